The van der Waals surface area contributed by atoms with E-state index in [0.29, 0.717) is 0 Å². The predicted octanol–water partition coefficient (Wildman–Crippen LogP) is 0.00960. The third-order valence-corrected chi connectivity index (χ3v) is 2.15. The Morgan fingerprint density at radius 3 is 2.72 bits per heavy atom. The van der Waals surface area contributed by atoms with Gasteiger partial charge in [-0.1, -0.05) is 0 Å². The Labute approximate surface area is 102 Å². The van der Waals surface area contributed by atoms with Gasteiger partial charge in [0.2, 0.25) is 0 Å². The summed E-state index contributed by atoms with van der Waals surface area (Å²) >= 11 is 0. The normalized spacial score (nSPS) is 11.7. The molecule has 0 heterocycles. The average Bonchev–Trinajstić information content (AvgIpc) is 2.35. The molecule has 0 aliphatic carbocycles. The molecule has 3 N–H and O–H groups in total. The minimum atomic E-state index is -1.68. The van der Waals surface area contributed by atoms with Crippen LogP contribution in [0.3, 0.4) is 0 Å². The van der Waals surface area contributed by atoms with Crippen LogP contribution in [0.1, 0.15) is 10.4 Å². The molecule has 1 atom stereocenters. The van der Waals surface area contributed by atoms with Crippen LogP contribution in [0.2, 0.25) is 0 Å². The number of nitrogens with one attached hydrogen (secondary N) is 1. The second kappa shape index (κ2) is 5.97. The van der Waals surface area contributed by atoms with Crippen LogP contribution in [-0.2, 0) is 4.79 Å². The zero-order valence-electron chi connectivity index (χ0n) is 9.51. The number of amides is 1. The molecule has 0 bridgehead atoms. The van der Waals surface area contributed by atoms with Crippen molar-refractivity contribution in [3.05, 3.63) is 29.6 Å². The highest BCUT2D eigenvalue weighted by Crippen LogP contribution is 2.17. The maximum atomic E-state index is 13.1. The number of halogens is 1. The van der Waals surface area contributed by atoms with Gasteiger partial charge in [0.25, 0.3) is 5.91 Å². The summed E-state index contributed by atoms with van der Waals surface area (Å²) in [6.07, 6.45) is -1.68. The standard InChI is InChI=1S/C11H12FNO5/c1-18-9-4-6(2-3-7(9)12)10(15)13-5-8(14)11(16)17/h2-4,8,14H,5H2,1H3,(H,13,15)(H,16,17)/t8-/m0/s1. The van der Waals surface area contributed by atoms with E-state index in [4.69, 9.17) is 14.9 Å². The highest BCUT2D eigenvalue weighted by atomic mass is 19.1. The molecule has 0 aliphatic rings. The maximum absolute atomic E-state index is 13.1. The number of ether oxygens (including phenoxy) is 1. The van der Waals surface area contributed by atoms with Gasteiger partial charge in [0.05, 0.1) is 13.7 Å². The fraction of sp³-hybridized carbons (Fsp3) is 0.273. The van der Waals surface area contributed by atoms with Gasteiger partial charge in [-0.3, -0.25) is 4.79 Å². The lowest BCUT2D eigenvalue weighted by Crippen LogP contribution is -2.36. The van der Waals surface area contributed by atoms with E-state index in [1.54, 1.807) is 0 Å². The minimum Gasteiger partial charge on any atom is -0.494 e. The zero-order chi connectivity index (χ0) is 13.7. The van der Waals surface area contributed by atoms with Gasteiger partial charge in [-0.25, -0.2) is 9.18 Å². The predicted molar refractivity (Wildman–Crippen MR) is 58.9 cm³/mol. The molecule has 98 valence electrons. The van der Waals surface area contributed by atoms with Crippen LogP contribution < -0.4 is 10.1 Å². The number of aliphatic carboxylic acids is 1. The van der Waals surface area contributed by atoms with E-state index in [-0.39, 0.29) is 11.3 Å². The number of carboxylic acids is 1. The molecular formula is C11H12FNO5. The van der Waals surface area contributed by atoms with Crippen molar-refractivity contribution in [1.29, 1.82) is 0 Å². The van der Waals surface area contributed by atoms with E-state index in [2.05, 4.69) is 5.32 Å². The van der Waals surface area contributed by atoms with E-state index in [1.165, 1.54) is 19.2 Å². The number of carbonyl (C=O) groups is 2. The zero-order valence-corrected chi connectivity index (χ0v) is 9.51. The maximum Gasteiger partial charge on any atom is 0.334 e. The number of rotatable bonds is 5. The number of hydrogen-bond donors (Lipinski definition) is 3. The number of benzene rings is 1. The summed E-state index contributed by atoms with van der Waals surface area (Å²) in [5, 5.41) is 19.6. The van der Waals surface area contributed by atoms with Crippen LogP contribution in [0.25, 0.3) is 0 Å². The summed E-state index contributed by atoms with van der Waals surface area (Å²) in [7, 11) is 1.26. The Bertz CT molecular complexity index is 463. The van der Waals surface area contributed by atoms with Crippen molar-refractivity contribution in [3.8, 4) is 5.75 Å². The van der Waals surface area contributed by atoms with Crippen LogP contribution in [0.15, 0.2) is 18.2 Å². The molecule has 0 saturated heterocycles. The first-order valence-electron chi connectivity index (χ1n) is 4.98. The van der Waals surface area contributed by atoms with Crippen LogP contribution in [-0.4, -0.2) is 41.8 Å². The van der Waals surface area contributed by atoms with Crippen LogP contribution >= 0.6 is 0 Å². The molecule has 1 aromatic carbocycles. The van der Waals surface area contributed by atoms with Gasteiger partial charge < -0.3 is 20.3 Å². The molecule has 7 heteroatoms. The Morgan fingerprint density at radius 1 is 1.50 bits per heavy atom. The molecular weight excluding hydrogens is 245 g/mol. The van der Waals surface area contributed by atoms with Crippen molar-refractivity contribution in [3.63, 3.8) is 0 Å². The first-order valence-corrected chi connectivity index (χ1v) is 4.98. The summed E-state index contributed by atoms with van der Waals surface area (Å²) in [5.74, 6) is -2.78. The lowest BCUT2D eigenvalue weighted by atomic mass is 10.2. The Balaban J connectivity index is 2.70. The van der Waals surface area contributed by atoms with Gasteiger partial charge in [-0.2, -0.15) is 0 Å². The summed E-state index contributed by atoms with van der Waals surface area (Å²) in [6, 6.07) is 3.46. The summed E-state index contributed by atoms with van der Waals surface area (Å²) in [5.41, 5.74) is 0.103. The first kappa shape index (κ1) is 13.9. The third-order valence-electron chi connectivity index (χ3n) is 2.15. The monoisotopic (exact) mass is 257 g/mol. The number of aliphatic hydroxyl groups is 1. The smallest absolute Gasteiger partial charge is 0.334 e. The lowest BCUT2D eigenvalue weighted by molar-refractivity contribution is -0.146. The number of carboxylic acid groups (broad SMARTS) is 1. The van der Waals surface area contributed by atoms with Crippen LogP contribution in [0.4, 0.5) is 4.39 Å². The first-order chi connectivity index (χ1) is 8.45. The SMILES string of the molecule is COc1cc(C(=O)NC[C@H](O)C(=O)O)ccc1F. The molecule has 6 nitrogen and oxygen atoms in total. The topological polar surface area (TPSA) is 95.9 Å². The van der Waals surface area contributed by atoms with Gasteiger partial charge in [0, 0.05) is 5.56 Å². The minimum absolute atomic E-state index is 0.0959. The molecule has 18 heavy (non-hydrogen) atoms. The van der Waals surface area contributed by atoms with Gasteiger partial charge >= 0.3 is 5.97 Å². The molecule has 0 aromatic heterocycles. The van der Waals surface area contributed by atoms with E-state index in [1.807, 2.05) is 0 Å². The van der Waals surface area contributed by atoms with Crippen molar-refractivity contribution in [1.82, 2.24) is 5.32 Å². The van der Waals surface area contributed by atoms with Gasteiger partial charge in [0.15, 0.2) is 17.7 Å². The molecule has 0 spiro atoms. The van der Waals surface area contributed by atoms with Crippen LogP contribution in [0.5, 0.6) is 5.75 Å². The van der Waals surface area contributed by atoms with E-state index >= 15 is 0 Å². The number of carbonyl (C=O) groups excluding carboxylic acids is 1. The van der Waals surface area contributed by atoms with E-state index < -0.39 is 30.3 Å². The van der Waals surface area contributed by atoms with Crippen molar-refractivity contribution >= 4 is 11.9 Å². The molecule has 0 radical (unpaired) electrons. The molecule has 1 aromatic rings. The highest BCUT2D eigenvalue weighted by Gasteiger charge is 2.15. The largest absolute Gasteiger partial charge is 0.494 e. The molecule has 1 rings (SSSR count). The Hall–Kier alpha value is -2.15. The molecule has 0 fully saturated rings. The van der Waals surface area contributed by atoms with Gasteiger partial charge in [-0.05, 0) is 18.2 Å². The van der Waals surface area contributed by atoms with Crippen molar-refractivity contribution < 1.29 is 28.9 Å². The second-order valence-electron chi connectivity index (χ2n) is 3.41. The molecule has 0 unspecified atom stereocenters. The summed E-state index contributed by atoms with van der Waals surface area (Å²) in [4.78, 5) is 21.9. The quantitative estimate of drug-likeness (QED) is 0.690. The summed E-state index contributed by atoms with van der Waals surface area (Å²) < 4.78 is 17.8. The fourth-order valence-electron chi connectivity index (χ4n) is 1.18. The second-order valence-corrected chi connectivity index (χ2v) is 3.41. The van der Waals surface area contributed by atoms with Crippen LogP contribution in [0, 0.1) is 5.82 Å². The molecule has 1 amide bonds. The van der Waals surface area contributed by atoms with Gasteiger partial charge in [0.1, 0.15) is 0 Å². The number of methoxy groups -OCH3 is 1. The Kier molecular flexibility index (Phi) is 4.61. The van der Waals surface area contributed by atoms with Crippen molar-refractivity contribution in [2.45, 2.75) is 6.10 Å². The Morgan fingerprint density at radius 2 is 2.17 bits per heavy atom. The lowest BCUT2D eigenvalue weighted by Gasteiger charge is -2.09. The van der Waals surface area contributed by atoms with E-state index in [0.717, 1.165) is 6.07 Å². The van der Waals surface area contributed by atoms with Crippen molar-refractivity contribution in [2.75, 3.05) is 13.7 Å². The fourth-order valence-corrected chi connectivity index (χ4v) is 1.18. The summed E-state index contributed by atoms with van der Waals surface area (Å²) in [6.45, 7) is -0.437. The third kappa shape index (κ3) is 3.42. The van der Waals surface area contributed by atoms with Crippen molar-refractivity contribution in [2.24, 2.45) is 0 Å². The molecule has 0 aliphatic heterocycles. The number of hydrogen-bond acceptors (Lipinski definition) is 4. The highest BCUT2D eigenvalue weighted by molar-refractivity contribution is 5.94. The molecule has 0 saturated carbocycles. The van der Waals surface area contributed by atoms with Gasteiger partial charge in [-0.15, -0.1) is 0 Å². The van der Waals surface area contributed by atoms with E-state index in [9.17, 15) is 14.0 Å². The average molecular weight is 257 g/mol. The number of aliphatic hydroxyl groups excluding tert-OH is 1.